The predicted octanol–water partition coefficient (Wildman–Crippen LogP) is 2.95. The van der Waals surface area contributed by atoms with E-state index in [1.54, 1.807) is 0 Å². The van der Waals surface area contributed by atoms with Crippen molar-refractivity contribution in [2.24, 2.45) is 0 Å². The molecule has 0 atom stereocenters. The summed E-state index contributed by atoms with van der Waals surface area (Å²) in [6.45, 7) is 3.06. The first-order valence-electron chi connectivity index (χ1n) is 6.38. The van der Waals surface area contributed by atoms with Crippen LogP contribution in [0.15, 0.2) is 46.2 Å². The van der Waals surface area contributed by atoms with Gasteiger partial charge < -0.3 is 0 Å². The summed E-state index contributed by atoms with van der Waals surface area (Å²) in [4.78, 5) is 19.8. The fraction of sp³-hybridized carbons (Fsp3) is 0.143. The van der Waals surface area contributed by atoms with E-state index in [1.165, 1.54) is 38.1 Å². The second-order valence-corrected chi connectivity index (χ2v) is 6.98. The number of nitro groups is 2. The van der Waals surface area contributed by atoms with Crippen molar-refractivity contribution in [3.63, 3.8) is 0 Å². The van der Waals surface area contributed by atoms with E-state index in [1.807, 2.05) is 0 Å². The van der Waals surface area contributed by atoms with Crippen molar-refractivity contribution in [2.45, 2.75) is 23.6 Å². The molecule has 0 aliphatic rings. The highest BCUT2D eigenvalue weighted by Crippen LogP contribution is 2.29. The second kappa shape index (κ2) is 5.76. The van der Waals surface area contributed by atoms with Crippen LogP contribution in [0, 0.1) is 34.1 Å². The Hall–Kier alpha value is -2.81. The average molecular weight is 336 g/mol. The fourth-order valence-electron chi connectivity index (χ4n) is 2.11. The summed E-state index contributed by atoms with van der Waals surface area (Å²) in [5, 5.41) is 21.8. The zero-order chi connectivity index (χ0) is 17.4. The molecule has 0 spiro atoms. The van der Waals surface area contributed by atoms with Gasteiger partial charge in [0.2, 0.25) is 9.84 Å². The highest BCUT2D eigenvalue weighted by Gasteiger charge is 2.24. The first-order valence-corrected chi connectivity index (χ1v) is 7.87. The summed E-state index contributed by atoms with van der Waals surface area (Å²) in [6, 6.07) is 6.95. The van der Waals surface area contributed by atoms with Crippen molar-refractivity contribution >= 4 is 21.2 Å². The third kappa shape index (κ3) is 3.34. The van der Waals surface area contributed by atoms with E-state index < -0.39 is 19.7 Å². The molecule has 0 amide bonds. The Kier molecular flexibility index (Phi) is 4.15. The minimum atomic E-state index is -4.10. The number of aryl methyl sites for hydroxylation is 2. The Balaban J connectivity index is 2.68. The largest absolute Gasteiger partial charge is 0.271 e. The van der Waals surface area contributed by atoms with E-state index >= 15 is 0 Å². The molecule has 0 heterocycles. The lowest BCUT2D eigenvalue weighted by atomic mass is 10.2. The quantitative estimate of drug-likeness (QED) is 0.625. The van der Waals surface area contributed by atoms with Gasteiger partial charge in [-0.2, -0.15) is 0 Å². The summed E-state index contributed by atoms with van der Waals surface area (Å²) < 4.78 is 25.3. The maximum atomic E-state index is 12.6. The normalized spacial score (nSPS) is 11.2. The van der Waals surface area contributed by atoms with Gasteiger partial charge in [-0.25, -0.2) is 8.42 Å². The maximum absolute atomic E-state index is 12.6. The van der Waals surface area contributed by atoms with Gasteiger partial charge in [-0.05, 0) is 37.1 Å². The predicted molar refractivity (Wildman–Crippen MR) is 81.1 cm³/mol. The Morgan fingerprint density at radius 1 is 0.739 bits per heavy atom. The molecule has 0 saturated carbocycles. The monoisotopic (exact) mass is 336 g/mol. The molecule has 9 heteroatoms. The smallest absolute Gasteiger partial charge is 0.258 e. The van der Waals surface area contributed by atoms with Gasteiger partial charge in [0.15, 0.2) is 0 Å². The molecule has 0 N–H and O–H groups in total. The van der Waals surface area contributed by atoms with E-state index in [9.17, 15) is 28.6 Å². The molecular formula is C14H12N2O6S. The van der Waals surface area contributed by atoms with Gasteiger partial charge in [-0.3, -0.25) is 20.2 Å². The molecule has 0 bridgehead atoms. The molecule has 120 valence electrons. The van der Waals surface area contributed by atoms with Gasteiger partial charge in [0.25, 0.3) is 11.4 Å². The number of non-ortho nitro benzene ring substituents is 2. The van der Waals surface area contributed by atoms with Crippen LogP contribution in [0.2, 0.25) is 0 Å². The molecule has 0 unspecified atom stereocenters. The van der Waals surface area contributed by atoms with Crippen LogP contribution in [0.25, 0.3) is 0 Å². The van der Waals surface area contributed by atoms with Gasteiger partial charge in [0, 0.05) is 24.3 Å². The van der Waals surface area contributed by atoms with E-state index in [0.29, 0.717) is 11.1 Å². The highest BCUT2D eigenvalue weighted by molar-refractivity contribution is 7.91. The first-order chi connectivity index (χ1) is 10.6. The van der Waals surface area contributed by atoms with Gasteiger partial charge >= 0.3 is 0 Å². The van der Waals surface area contributed by atoms with Crippen molar-refractivity contribution < 1.29 is 18.3 Å². The highest BCUT2D eigenvalue weighted by atomic mass is 32.2. The Morgan fingerprint density at radius 2 is 1.09 bits per heavy atom. The van der Waals surface area contributed by atoms with Crippen LogP contribution in [0.3, 0.4) is 0 Å². The molecule has 0 aliphatic carbocycles. The van der Waals surface area contributed by atoms with Crippen LogP contribution in [-0.4, -0.2) is 18.3 Å². The van der Waals surface area contributed by atoms with E-state index in [0.717, 1.165) is 12.1 Å². The molecular weight excluding hydrogens is 324 g/mol. The first kappa shape index (κ1) is 16.6. The second-order valence-electron chi connectivity index (χ2n) is 5.03. The molecule has 0 fully saturated rings. The van der Waals surface area contributed by atoms with Crippen LogP contribution in [-0.2, 0) is 9.84 Å². The van der Waals surface area contributed by atoms with Gasteiger partial charge in [0.05, 0.1) is 19.6 Å². The van der Waals surface area contributed by atoms with Crippen molar-refractivity contribution in [1.29, 1.82) is 0 Å². The van der Waals surface area contributed by atoms with Gasteiger partial charge in [-0.1, -0.05) is 0 Å². The third-order valence-electron chi connectivity index (χ3n) is 3.11. The Morgan fingerprint density at radius 3 is 1.39 bits per heavy atom. The lowest BCUT2D eigenvalue weighted by Gasteiger charge is -2.07. The molecule has 0 saturated heterocycles. The number of sulfone groups is 1. The number of hydrogen-bond acceptors (Lipinski definition) is 6. The number of benzene rings is 2. The van der Waals surface area contributed by atoms with Crippen molar-refractivity contribution in [3.05, 3.63) is 67.8 Å². The number of nitro benzene ring substituents is 2. The summed E-state index contributed by atoms with van der Waals surface area (Å²) in [6.07, 6.45) is 0. The fourth-order valence-corrected chi connectivity index (χ4v) is 3.62. The van der Waals surface area contributed by atoms with Crippen molar-refractivity contribution in [2.75, 3.05) is 0 Å². The minimum Gasteiger partial charge on any atom is -0.258 e. The molecule has 0 aliphatic heterocycles. The van der Waals surface area contributed by atoms with E-state index in [4.69, 9.17) is 0 Å². The van der Waals surface area contributed by atoms with Crippen LogP contribution in [0.4, 0.5) is 11.4 Å². The topological polar surface area (TPSA) is 120 Å². The summed E-state index contributed by atoms with van der Waals surface area (Å²) in [5.74, 6) is 0. The van der Waals surface area contributed by atoms with Gasteiger partial charge in [-0.15, -0.1) is 0 Å². The van der Waals surface area contributed by atoms with Crippen LogP contribution in [0.5, 0.6) is 0 Å². The lowest BCUT2D eigenvalue weighted by molar-refractivity contribution is -0.385. The van der Waals surface area contributed by atoms with Crippen LogP contribution < -0.4 is 0 Å². The van der Waals surface area contributed by atoms with Crippen molar-refractivity contribution in [1.82, 2.24) is 0 Å². The zero-order valence-corrected chi connectivity index (χ0v) is 13.0. The van der Waals surface area contributed by atoms with Crippen molar-refractivity contribution in [3.8, 4) is 0 Å². The van der Waals surface area contributed by atoms with E-state index in [-0.39, 0.29) is 21.2 Å². The zero-order valence-electron chi connectivity index (χ0n) is 12.2. The molecule has 23 heavy (non-hydrogen) atoms. The van der Waals surface area contributed by atoms with Crippen LogP contribution in [0.1, 0.15) is 11.1 Å². The summed E-state index contributed by atoms with van der Waals surface area (Å²) in [7, 11) is -4.10. The molecule has 0 radical (unpaired) electrons. The minimum absolute atomic E-state index is 0.274. The Labute approximate surface area is 131 Å². The van der Waals surface area contributed by atoms with E-state index in [2.05, 4.69) is 0 Å². The SMILES string of the molecule is Cc1cc([N+](=O)[O-])cc(S(=O)(=O)c2cc(C)cc([N+](=O)[O-])c2)c1. The Bertz CT molecular complexity index is 851. The summed E-state index contributed by atoms with van der Waals surface area (Å²) in [5.41, 5.74) is 0.0938. The standard InChI is InChI=1S/C14H12N2O6S/c1-9-3-11(15(17)18)7-13(5-9)23(21,22)14-6-10(2)4-12(8-14)16(19)20/h3-8H,1-2H3. The molecule has 2 rings (SSSR count). The number of hydrogen-bond donors (Lipinski definition) is 0. The molecule has 0 aromatic heterocycles. The lowest BCUT2D eigenvalue weighted by Crippen LogP contribution is -2.05. The maximum Gasteiger partial charge on any atom is 0.271 e. The number of nitrogens with zero attached hydrogens (tertiary/aromatic N) is 2. The molecule has 2 aromatic rings. The van der Waals surface area contributed by atoms with Crippen LogP contribution >= 0.6 is 0 Å². The molecule has 2 aromatic carbocycles. The summed E-state index contributed by atoms with van der Waals surface area (Å²) >= 11 is 0. The third-order valence-corrected chi connectivity index (χ3v) is 4.83. The average Bonchev–Trinajstić information content (AvgIpc) is 2.45. The van der Waals surface area contributed by atoms with Gasteiger partial charge in [0.1, 0.15) is 0 Å². The number of rotatable bonds is 4. The molecule has 8 nitrogen and oxygen atoms in total.